The lowest BCUT2D eigenvalue weighted by molar-refractivity contribution is -0.135. The number of halogens is 3. The average Bonchev–Trinajstić information content (AvgIpc) is 3.82. The Balaban J connectivity index is 0.734. The first-order valence-electron chi connectivity index (χ1n) is 24.4. The minimum absolute atomic E-state index is 0.0610. The number of hydrogen-bond donors (Lipinski definition) is 2. The number of rotatable bonds is 10. The number of imidazole rings is 1. The number of hydrogen-bond acceptors (Lipinski definition) is 10. The molecule has 4 aromatic heterocycles. The van der Waals surface area contributed by atoms with Gasteiger partial charge in [-0.05, 0) is 86.9 Å². The van der Waals surface area contributed by atoms with Crippen LogP contribution in [0.25, 0.3) is 33.3 Å². The van der Waals surface area contributed by atoms with Gasteiger partial charge in [0, 0.05) is 133 Å². The van der Waals surface area contributed by atoms with E-state index < -0.39 is 35.1 Å². The van der Waals surface area contributed by atoms with Gasteiger partial charge >= 0.3 is 5.69 Å². The number of carbonyl (C=O) groups excluding carboxylic acids is 3. The Hall–Kier alpha value is -6.99. The molecule has 0 bridgehead atoms. The Morgan fingerprint density at radius 1 is 0.845 bits per heavy atom. The maximum absolute atomic E-state index is 16.1. The van der Waals surface area contributed by atoms with E-state index in [0.717, 1.165) is 49.1 Å². The number of piperazine rings is 1. The van der Waals surface area contributed by atoms with Gasteiger partial charge in [-0.25, -0.2) is 22.9 Å². The fraction of sp³-hybridized carbons (Fsp3) is 0.423. The van der Waals surface area contributed by atoms with Crippen molar-refractivity contribution in [1.29, 1.82) is 0 Å². The van der Waals surface area contributed by atoms with Gasteiger partial charge in [-0.3, -0.25) is 48.0 Å². The molecule has 4 aliphatic rings. The summed E-state index contributed by atoms with van der Waals surface area (Å²) in [5.74, 6) is -2.20. The molecule has 19 heteroatoms. The average molecular weight is 974 g/mol. The second-order valence-electron chi connectivity index (χ2n) is 19.5. The van der Waals surface area contributed by atoms with Crippen LogP contribution in [0.4, 0.5) is 24.5 Å². The smallest absolute Gasteiger partial charge is 0.329 e. The van der Waals surface area contributed by atoms with Crippen molar-refractivity contribution in [3.63, 3.8) is 0 Å². The number of imide groups is 1. The normalized spacial score (nSPS) is 19.2. The van der Waals surface area contributed by atoms with Crippen molar-refractivity contribution in [3.8, 4) is 5.69 Å². The van der Waals surface area contributed by atoms with E-state index in [1.165, 1.54) is 38.1 Å². The highest BCUT2D eigenvalue weighted by Gasteiger charge is 2.33. The molecule has 3 amide bonds. The van der Waals surface area contributed by atoms with Gasteiger partial charge in [-0.1, -0.05) is 6.08 Å². The largest absolute Gasteiger partial charge is 0.386 e. The first-order valence-corrected chi connectivity index (χ1v) is 24.4. The summed E-state index contributed by atoms with van der Waals surface area (Å²) in [6, 6.07) is 10.2. The fourth-order valence-corrected chi connectivity index (χ4v) is 11.3. The van der Waals surface area contributed by atoms with Crippen LogP contribution in [0.2, 0.25) is 0 Å². The van der Waals surface area contributed by atoms with Gasteiger partial charge in [0.25, 0.3) is 11.5 Å². The van der Waals surface area contributed by atoms with Crippen molar-refractivity contribution in [1.82, 2.24) is 43.3 Å². The lowest BCUT2D eigenvalue weighted by Crippen LogP contribution is -2.49. The van der Waals surface area contributed by atoms with E-state index in [1.54, 1.807) is 38.5 Å². The third-order valence-corrected chi connectivity index (χ3v) is 15.4. The number of piperidine rings is 2. The third-order valence-electron chi connectivity index (χ3n) is 15.4. The predicted molar refractivity (Wildman–Crippen MR) is 265 cm³/mol. The van der Waals surface area contributed by atoms with Crippen molar-refractivity contribution < 1.29 is 27.6 Å². The van der Waals surface area contributed by atoms with E-state index in [-0.39, 0.29) is 41.9 Å². The SMILES string of the molecule is CNc1cc(=O)n(-c2ccnc3c2cc([C@H](C)N2CC=C(c4c(C)cc(C(=O)N5CCC(CN6CCN(c7cc8c(cc7F)n(C7CCC(=O)NC7=O)c(=O)n8C)CC6)CC5)cc4F)CC2)n3C)cc1F. The molecular formula is C52H58F3N11O5. The zero-order chi connectivity index (χ0) is 50.0. The molecule has 6 aromatic rings. The maximum Gasteiger partial charge on any atom is 0.329 e. The van der Waals surface area contributed by atoms with Gasteiger partial charge in [0.15, 0.2) is 5.82 Å². The molecule has 2 N–H and O–H groups in total. The molecule has 3 fully saturated rings. The van der Waals surface area contributed by atoms with Gasteiger partial charge in [0.2, 0.25) is 11.8 Å². The van der Waals surface area contributed by atoms with Crippen LogP contribution in [0, 0.1) is 30.3 Å². The monoisotopic (exact) mass is 973 g/mol. The van der Waals surface area contributed by atoms with Crippen molar-refractivity contribution in [3.05, 3.63) is 122 Å². The molecule has 8 heterocycles. The van der Waals surface area contributed by atoms with Gasteiger partial charge in [0.05, 0.1) is 34.3 Å². The zero-order valence-electron chi connectivity index (χ0n) is 40.6. The zero-order valence-corrected chi connectivity index (χ0v) is 40.6. The van der Waals surface area contributed by atoms with Gasteiger partial charge < -0.3 is 19.7 Å². The summed E-state index contributed by atoms with van der Waals surface area (Å²) in [6.45, 7) is 9.80. The maximum atomic E-state index is 16.1. The molecule has 1 unspecified atom stereocenters. The number of pyridine rings is 2. The van der Waals surface area contributed by atoms with E-state index in [4.69, 9.17) is 0 Å². The number of anilines is 2. The second kappa shape index (κ2) is 19.0. The lowest BCUT2D eigenvalue weighted by atomic mass is 9.92. The lowest BCUT2D eigenvalue weighted by Gasteiger charge is -2.39. The van der Waals surface area contributed by atoms with Crippen molar-refractivity contribution >= 4 is 56.7 Å². The first-order chi connectivity index (χ1) is 34.1. The standard InChI is InChI=1S/C52H58F3N11O5/c1-30-22-34(23-37(54)48(30)33-11-16-62(17-12-33)31(2)42-24-35-40(8-13-57-49(35)59(42)4)65-29-38(55)39(56-3)26-47(65)68)51(70)64-14-9-32(10-15-64)28-61-18-20-63(21-19-61)43-27-44-45(25-36(43)53)66(52(71)60(44)5)41-6-7-46(67)58-50(41)69/h8,11,13,22-27,29,31-32,41,56H,6-7,9-10,12,14-21,28H2,1-5H3,(H,58,67,69)/t31-,41?/m0/s1. The van der Waals surface area contributed by atoms with Crippen LogP contribution >= 0.6 is 0 Å². The number of aryl methyl sites for hydroxylation is 3. The predicted octanol–water partition coefficient (Wildman–Crippen LogP) is 5.65. The van der Waals surface area contributed by atoms with Crippen molar-refractivity contribution in [2.75, 3.05) is 76.2 Å². The van der Waals surface area contributed by atoms with Crippen LogP contribution in [0.1, 0.15) is 78.3 Å². The number of likely N-dealkylation sites (tertiary alicyclic amines) is 1. The molecule has 2 aromatic carbocycles. The quantitative estimate of drug-likeness (QED) is 0.165. The highest BCUT2D eigenvalue weighted by atomic mass is 19.1. The summed E-state index contributed by atoms with van der Waals surface area (Å²) < 4.78 is 52.7. The molecule has 3 saturated heterocycles. The molecule has 0 radical (unpaired) electrons. The summed E-state index contributed by atoms with van der Waals surface area (Å²) in [4.78, 5) is 77.5. The number of amides is 3. The van der Waals surface area contributed by atoms with Gasteiger partial charge in [-0.15, -0.1) is 0 Å². The number of benzene rings is 2. The molecule has 372 valence electrons. The molecule has 2 atom stereocenters. The van der Waals surface area contributed by atoms with Crippen LogP contribution in [0.5, 0.6) is 0 Å². The van der Waals surface area contributed by atoms with E-state index in [1.807, 2.05) is 34.4 Å². The third kappa shape index (κ3) is 8.72. The molecule has 71 heavy (non-hydrogen) atoms. The Morgan fingerprint density at radius 2 is 1.61 bits per heavy atom. The summed E-state index contributed by atoms with van der Waals surface area (Å²) in [7, 11) is 5.09. The summed E-state index contributed by atoms with van der Waals surface area (Å²) in [5.41, 5.74) is 5.19. The Bertz CT molecular complexity index is 3260. The number of nitrogens with one attached hydrogen (secondary N) is 2. The fourth-order valence-electron chi connectivity index (χ4n) is 11.3. The van der Waals surface area contributed by atoms with E-state index in [2.05, 4.69) is 38.4 Å². The number of carbonyl (C=O) groups is 3. The molecule has 10 rings (SSSR count). The molecule has 16 nitrogen and oxygen atoms in total. The second-order valence-corrected chi connectivity index (χ2v) is 19.5. The number of aromatic nitrogens is 5. The van der Waals surface area contributed by atoms with Crippen molar-refractivity contribution in [2.45, 2.75) is 58.0 Å². The number of nitrogens with zero attached hydrogens (tertiary/aromatic N) is 9. The number of fused-ring (bicyclic) bond motifs is 2. The summed E-state index contributed by atoms with van der Waals surface area (Å²) >= 11 is 0. The minimum Gasteiger partial charge on any atom is -0.386 e. The first kappa shape index (κ1) is 47.7. The topological polar surface area (TPSA) is 155 Å². The molecular weight excluding hydrogens is 916 g/mol. The molecule has 0 spiro atoms. The Labute approximate surface area is 407 Å². The van der Waals surface area contributed by atoms with Crippen LogP contribution < -0.4 is 26.8 Å². The highest BCUT2D eigenvalue weighted by molar-refractivity contribution is 6.00. The van der Waals surface area contributed by atoms with Gasteiger partial charge in [0.1, 0.15) is 23.3 Å². The van der Waals surface area contributed by atoms with Crippen molar-refractivity contribution in [2.24, 2.45) is 20.0 Å². The summed E-state index contributed by atoms with van der Waals surface area (Å²) in [5, 5.41) is 5.72. The van der Waals surface area contributed by atoms with Crippen LogP contribution in [0.3, 0.4) is 0 Å². The van der Waals surface area contributed by atoms with Gasteiger partial charge in [-0.2, -0.15) is 0 Å². The van der Waals surface area contributed by atoms with Crippen LogP contribution in [-0.4, -0.2) is 122 Å². The van der Waals surface area contributed by atoms with E-state index in [0.29, 0.717) is 96.4 Å². The molecule has 0 aliphatic carbocycles. The Morgan fingerprint density at radius 3 is 2.30 bits per heavy atom. The molecule has 0 saturated carbocycles. The van der Waals surface area contributed by atoms with Crippen LogP contribution in [-0.2, 0) is 23.7 Å². The molecule has 4 aliphatic heterocycles. The van der Waals surface area contributed by atoms with E-state index >= 15 is 8.78 Å². The van der Waals surface area contributed by atoms with E-state index in [9.17, 15) is 28.4 Å². The minimum atomic E-state index is -0.891. The van der Waals surface area contributed by atoms with Crippen LogP contribution in [0.15, 0.2) is 70.5 Å². The summed E-state index contributed by atoms with van der Waals surface area (Å²) in [6.07, 6.45) is 7.37. The Kier molecular flexibility index (Phi) is 12.7. The highest BCUT2D eigenvalue weighted by Crippen LogP contribution is 2.35.